The number of thiophene rings is 1. The lowest BCUT2D eigenvalue weighted by Gasteiger charge is -2.26. The summed E-state index contributed by atoms with van der Waals surface area (Å²) in [6.07, 6.45) is 2.08. The third kappa shape index (κ3) is 4.57. The fourth-order valence-corrected chi connectivity index (χ4v) is 5.76. The molecule has 2 atom stereocenters. The van der Waals surface area contributed by atoms with Gasteiger partial charge < -0.3 is 15.5 Å². The van der Waals surface area contributed by atoms with Crippen molar-refractivity contribution in [1.82, 2.24) is 15.2 Å². The Morgan fingerprint density at radius 1 is 1.09 bits per heavy atom. The molecule has 2 aromatic heterocycles. The summed E-state index contributed by atoms with van der Waals surface area (Å²) in [5.41, 5.74) is 1.71. The second kappa shape index (κ2) is 9.47. The number of thiocarbonyl (C=S) groups is 1. The fourth-order valence-electron chi connectivity index (χ4n) is 4.21. The third-order valence-corrected chi connectivity index (χ3v) is 7.38. The fraction of sp³-hybridized carbons (Fsp3) is 0.160. The van der Waals surface area contributed by atoms with Gasteiger partial charge in [0.15, 0.2) is 5.11 Å². The number of pyridine rings is 1. The first-order chi connectivity index (χ1) is 16.1. The summed E-state index contributed by atoms with van der Waals surface area (Å²) in [5, 5.41) is 9.19. The summed E-state index contributed by atoms with van der Waals surface area (Å²) >= 11 is 13.4. The second-order valence-electron chi connectivity index (χ2n) is 7.79. The molecule has 166 valence electrons. The normalized spacial score (nSPS) is 17.8. The Morgan fingerprint density at radius 3 is 2.70 bits per heavy atom. The minimum absolute atomic E-state index is 0.0570. The molecule has 1 saturated heterocycles. The van der Waals surface area contributed by atoms with E-state index in [1.807, 2.05) is 72.8 Å². The molecular formula is C25H21ClN4OS2. The molecule has 4 aromatic rings. The molecule has 5 rings (SSSR count). The predicted octanol–water partition coefficient (Wildman–Crippen LogP) is 5.95. The van der Waals surface area contributed by atoms with Gasteiger partial charge in [0.2, 0.25) is 5.91 Å². The van der Waals surface area contributed by atoms with Crippen LogP contribution in [0.1, 0.15) is 29.1 Å². The number of hydrogen-bond donors (Lipinski definition) is 2. The van der Waals surface area contributed by atoms with Crippen molar-refractivity contribution in [3.63, 3.8) is 0 Å². The molecule has 0 spiro atoms. The highest BCUT2D eigenvalue weighted by atomic mass is 35.5. The van der Waals surface area contributed by atoms with Crippen LogP contribution in [0.25, 0.3) is 10.8 Å². The Kier molecular flexibility index (Phi) is 6.26. The summed E-state index contributed by atoms with van der Waals surface area (Å²) < 4.78 is 0.719. The van der Waals surface area contributed by atoms with E-state index in [1.54, 1.807) is 6.20 Å². The molecule has 2 aromatic carbocycles. The van der Waals surface area contributed by atoms with Crippen molar-refractivity contribution in [3.05, 3.63) is 93.9 Å². The maximum atomic E-state index is 12.9. The number of carbonyl (C=O) groups excluding carboxylic acids is 1. The van der Waals surface area contributed by atoms with Crippen LogP contribution >= 0.6 is 35.2 Å². The van der Waals surface area contributed by atoms with Crippen molar-refractivity contribution in [2.24, 2.45) is 0 Å². The van der Waals surface area contributed by atoms with E-state index in [1.165, 1.54) is 11.3 Å². The van der Waals surface area contributed by atoms with E-state index in [2.05, 4.69) is 20.5 Å². The third-order valence-electron chi connectivity index (χ3n) is 5.73. The Labute approximate surface area is 206 Å². The SMILES string of the molecule is O=C(CCN1C(=S)N[C@@H](c2ccccn2)[C@H]1c1ccc(Cl)s1)Nc1cccc2ccccc12. The van der Waals surface area contributed by atoms with Crippen LogP contribution in [0, 0.1) is 0 Å². The highest BCUT2D eigenvalue weighted by Gasteiger charge is 2.40. The van der Waals surface area contributed by atoms with E-state index in [-0.39, 0.29) is 18.0 Å². The van der Waals surface area contributed by atoms with Gasteiger partial charge >= 0.3 is 0 Å². The summed E-state index contributed by atoms with van der Waals surface area (Å²) in [5.74, 6) is -0.0570. The highest BCUT2D eigenvalue weighted by Crippen LogP contribution is 2.42. The first-order valence-electron chi connectivity index (χ1n) is 10.6. The van der Waals surface area contributed by atoms with Crippen LogP contribution in [0.2, 0.25) is 4.34 Å². The average molecular weight is 493 g/mol. The van der Waals surface area contributed by atoms with E-state index in [9.17, 15) is 4.79 Å². The number of rotatable bonds is 6. The molecule has 1 fully saturated rings. The van der Waals surface area contributed by atoms with E-state index < -0.39 is 0 Å². The molecule has 1 amide bonds. The second-order valence-corrected chi connectivity index (χ2v) is 9.92. The zero-order chi connectivity index (χ0) is 22.8. The van der Waals surface area contributed by atoms with Gasteiger partial charge in [-0.1, -0.05) is 54.1 Å². The van der Waals surface area contributed by atoms with Crippen molar-refractivity contribution in [3.8, 4) is 0 Å². The highest BCUT2D eigenvalue weighted by molar-refractivity contribution is 7.80. The van der Waals surface area contributed by atoms with Crippen molar-refractivity contribution in [1.29, 1.82) is 0 Å². The van der Waals surface area contributed by atoms with Crippen LogP contribution in [0.5, 0.6) is 0 Å². The molecule has 0 aliphatic carbocycles. The molecular weight excluding hydrogens is 472 g/mol. The molecule has 0 bridgehead atoms. The van der Waals surface area contributed by atoms with Gasteiger partial charge in [-0.15, -0.1) is 11.3 Å². The number of hydrogen-bond acceptors (Lipinski definition) is 4. The predicted molar refractivity (Wildman–Crippen MR) is 139 cm³/mol. The number of nitrogens with zero attached hydrogens (tertiary/aromatic N) is 2. The van der Waals surface area contributed by atoms with E-state index in [4.69, 9.17) is 23.8 Å². The number of aromatic nitrogens is 1. The van der Waals surface area contributed by atoms with Crippen molar-refractivity contribution < 1.29 is 4.79 Å². The molecule has 2 N–H and O–H groups in total. The van der Waals surface area contributed by atoms with Gasteiger partial charge in [0.25, 0.3) is 0 Å². The van der Waals surface area contributed by atoms with Gasteiger partial charge in [-0.3, -0.25) is 9.78 Å². The molecule has 0 radical (unpaired) electrons. The van der Waals surface area contributed by atoms with E-state index in [0.29, 0.717) is 18.1 Å². The van der Waals surface area contributed by atoms with Gasteiger partial charge in [-0.05, 0) is 47.9 Å². The maximum absolute atomic E-state index is 12.9. The van der Waals surface area contributed by atoms with Crippen LogP contribution in [-0.4, -0.2) is 27.4 Å². The smallest absolute Gasteiger partial charge is 0.226 e. The zero-order valence-electron chi connectivity index (χ0n) is 17.6. The van der Waals surface area contributed by atoms with Crippen molar-refractivity contribution >= 4 is 62.6 Å². The maximum Gasteiger partial charge on any atom is 0.226 e. The lowest BCUT2D eigenvalue weighted by molar-refractivity contribution is -0.116. The van der Waals surface area contributed by atoms with Crippen molar-refractivity contribution in [2.75, 3.05) is 11.9 Å². The quantitative estimate of drug-likeness (QED) is 0.326. The van der Waals surface area contributed by atoms with Crippen LogP contribution in [-0.2, 0) is 4.79 Å². The minimum atomic E-state index is -0.116. The summed E-state index contributed by atoms with van der Waals surface area (Å²) in [4.78, 5) is 20.6. The van der Waals surface area contributed by atoms with Crippen LogP contribution in [0.3, 0.4) is 0 Å². The number of benzene rings is 2. The number of halogens is 1. The molecule has 1 aliphatic rings. The van der Waals surface area contributed by atoms with Crippen LogP contribution < -0.4 is 10.6 Å². The molecule has 1 aliphatic heterocycles. The zero-order valence-corrected chi connectivity index (χ0v) is 20.0. The van der Waals surface area contributed by atoms with Gasteiger partial charge in [-0.25, -0.2) is 0 Å². The Balaban J connectivity index is 1.35. The average Bonchev–Trinajstić information content (AvgIpc) is 3.41. The largest absolute Gasteiger partial charge is 0.352 e. The molecule has 8 heteroatoms. The summed E-state index contributed by atoms with van der Waals surface area (Å²) in [7, 11) is 0. The van der Waals surface area contributed by atoms with Gasteiger partial charge in [0, 0.05) is 35.1 Å². The van der Waals surface area contributed by atoms with Gasteiger partial charge in [0.1, 0.15) is 0 Å². The number of carbonyl (C=O) groups is 1. The van der Waals surface area contributed by atoms with Crippen molar-refractivity contribution in [2.45, 2.75) is 18.5 Å². The van der Waals surface area contributed by atoms with Gasteiger partial charge in [-0.2, -0.15) is 0 Å². The Hall–Kier alpha value is -3.00. The van der Waals surface area contributed by atoms with Gasteiger partial charge in [0.05, 0.1) is 22.1 Å². The first kappa shape index (κ1) is 21.8. The molecule has 33 heavy (non-hydrogen) atoms. The molecule has 0 unspecified atom stereocenters. The lowest BCUT2D eigenvalue weighted by Crippen LogP contribution is -2.32. The Morgan fingerprint density at radius 2 is 1.91 bits per heavy atom. The number of fused-ring (bicyclic) bond motifs is 1. The topological polar surface area (TPSA) is 57.3 Å². The number of amides is 1. The minimum Gasteiger partial charge on any atom is -0.352 e. The molecule has 3 heterocycles. The monoisotopic (exact) mass is 492 g/mol. The standard InChI is InChI=1S/C25H21ClN4OS2/c26-21-12-11-20(33-21)24-23(19-9-3-4-14-27-19)29-25(32)30(24)15-13-22(31)28-18-10-5-7-16-6-1-2-8-17(16)18/h1-12,14,23-24H,13,15H2,(H,28,31)(H,29,32)/t23-,24+/m0/s1. The van der Waals surface area contributed by atoms with Crippen LogP contribution in [0.4, 0.5) is 5.69 Å². The first-order valence-corrected chi connectivity index (χ1v) is 12.2. The number of anilines is 1. The lowest BCUT2D eigenvalue weighted by atomic mass is 10.0. The summed E-state index contributed by atoms with van der Waals surface area (Å²) in [6, 6.07) is 23.5. The van der Waals surface area contributed by atoms with E-state index in [0.717, 1.165) is 31.4 Å². The molecule has 5 nitrogen and oxygen atoms in total. The Bertz CT molecular complexity index is 1300. The summed E-state index contributed by atoms with van der Waals surface area (Å²) in [6.45, 7) is 0.478. The van der Waals surface area contributed by atoms with Crippen LogP contribution in [0.15, 0.2) is 79.0 Å². The van der Waals surface area contributed by atoms with E-state index >= 15 is 0 Å². The molecule has 0 saturated carbocycles. The number of nitrogens with one attached hydrogen (secondary N) is 2.